The zero-order chi connectivity index (χ0) is 19.6. The van der Waals surface area contributed by atoms with Gasteiger partial charge in [-0.25, -0.2) is 9.18 Å². The number of urea groups is 1. The minimum Gasteiger partial charge on any atom is -0.350 e. The van der Waals surface area contributed by atoms with E-state index in [1.54, 1.807) is 44.2 Å². The highest BCUT2D eigenvalue weighted by Crippen LogP contribution is 2.26. The van der Waals surface area contributed by atoms with Gasteiger partial charge in [-0.3, -0.25) is 19.5 Å². The van der Waals surface area contributed by atoms with Crippen molar-refractivity contribution in [2.24, 2.45) is 0 Å². The first-order valence-corrected chi connectivity index (χ1v) is 8.38. The molecule has 1 atom stereocenters. The molecule has 1 aromatic carbocycles. The van der Waals surface area contributed by atoms with Crippen LogP contribution in [0.5, 0.6) is 0 Å². The van der Waals surface area contributed by atoms with Crippen LogP contribution in [0.2, 0.25) is 0 Å². The van der Waals surface area contributed by atoms with Crippen LogP contribution in [0.3, 0.4) is 0 Å². The summed E-state index contributed by atoms with van der Waals surface area (Å²) in [7, 11) is 0. The number of rotatable bonds is 5. The first-order valence-electron chi connectivity index (χ1n) is 8.38. The Hall–Kier alpha value is -3.29. The molecule has 2 N–H and O–H groups in total. The van der Waals surface area contributed by atoms with Gasteiger partial charge in [0.2, 0.25) is 5.91 Å². The molecule has 1 saturated heterocycles. The number of benzene rings is 1. The highest BCUT2D eigenvalue weighted by atomic mass is 19.1. The first-order chi connectivity index (χ1) is 12.8. The molecule has 0 spiro atoms. The molecule has 4 amide bonds. The lowest BCUT2D eigenvalue weighted by molar-refractivity contribution is -0.135. The second-order valence-corrected chi connectivity index (χ2v) is 6.52. The molecule has 0 aliphatic carbocycles. The summed E-state index contributed by atoms with van der Waals surface area (Å²) >= 11 is 0. The molecule has 1 fully saturated rings. The number of carbonyl (C=O) groups excluding carboxylic acids is 3. The van der Waals surface area contributed by atoms with Crippen LogP contribution in [0, 0.1) is 12.7 Å². The van der Waals surface area contributed by atoms with Gasteiger partial charge in [0.1, 0.15) is 12.4 Å². The quantitative estimate of drug-likeness (QED) is 0.783. The molecule has 140 valence electrons. The van der Waals surface area contributed by atoms with Gasteiger partial charge in [-0.05, 0) is 43.2 Å². The van der Waals surface area contributed by atoms with E-state index in [1.807, 2.05) is 0 Å². The molecular formula is C19H19FN4O3. The van der Waals surface area contributed by atoms with E-state index in [2.05, 4.69) is 15.6 Å². The van der Waals surface area contributed by atoms with Crippen LogP contribution in [0.4, 0.5) is 9.18 Å². The van der Waals surface area contributed by atoms with Crippen LogP contribution >= 0.6 is 0 Å². The molecule has 7 nitrogen and oxygen atoms in total. The number of amides is 4. The summed E-state index contributed by atoms with van der Waals surface area (Å²) in [5, 5.41) is 5.17. The molecule has 2 heterocycles. The van der Waals surface area contributed by atoms with E-state index >= 15 is 0 Å². The van der Waals surface area contributed by atoms with E-state index in [0.29, 0.717) is 16.8 Å². The molecular weight excluding hydrogens is 351 g/mol. The molecule has 1 unspecified atom stereocenters. The number of nitrogens with one attached hydrogen (secondary N) is 2. The smallest absolute Gasteiger partial charge is 0.325 e. The van der Waals surface area contributed by atoms with Gasteiger partial charge in [-0.2, -0.15) is 0 Å². The lowest BCUT2D eigenvalue weighted by Crippen LogP contribution is -2.43. The van der Waals surface area contributed by atoms with Crippen LogP contribution in [0.15, 0.2) is 42.6 Å². The van der Waals surface area contributed by atoms with Crippen molar-refractivity contribution in [1.82, 2.24) is 20.5 Å². The maximum Gasteiger partial charge on any atom is 0.325 e. The largest absolute Gasteiger partial charge is 0.350 e. The lowest BCUT2D eigenvalue weighted by Gasteiger charge is -2.20. The summed E-state index contributed by atoms with van der Waals surface area (Å²) in [5.74, 6) is -1.44. The van der Waals surface area contributed by atoms with Crippen molar-refractivity contribution in [3.63, 3.8) is 0 Å². The molecule has 8 heteroatoms. The standard InChI is InChI=1S/C19H19FN4O3/c1-12-6-7-13(9-14(12)20)10-22-16(25)11-24-17(26)19(2,23-18(24)27)15-5-3-4-8-21-15/h3-9H,10-11H2,1-2H3,(H,22,25)(H,23,27). The number of hydrogen-bond acceptors (Lipinski definition) is 4. The minimum atomic E-state index is -1.32. The summed E-state index contributed by atoms with van der Waals surface area (Å²) in [6, 6.07) is 9.03. The predicted molar refractivity (Wildman–Crippen MR) is 94.8 cm³/mol. The lowest BCUT2D eigenvalue weighted by atomic mass is 9.97. The Morgan fingerprint density at radius 1 is 1.30 bits per heavy atom. The van der Waals surface area contributed by atoms with Crippen molar-refractivity contribution in [2.45, 2.75) is 25.9 Å². The summed E-state index contributed by atoms with van der Waals surface area (Å²) in [5.41, 5.74) is 0.167. The molecule has 0 bridgehead atoms. The van der Waals surface area contributed by atoms with Gasteiger partial charge in [-0.15, -0.1) is 0 Å². The first kappa shape index (κ1) is 18.5. The Balaban J connectivity index is 1.64. The van der Waals surface area contributed by atoms with Gasteiger partial charge in [0.05, 0.1) is 5.69 Å². The van der Waals surface area contributed by atoms with Gasteiger partial charge in [0.25, 0.3) is 5.91 Å². The summed E-state index contributed by atoms with van der Waals surface area (Å²) in [4.78, 5) is 42.0. The van der Waals surface area contributed by atoms with Crippen molar-refractivity contribution in [3.8, 4) is 0 Å². The van der Waals surface area contributed by atoms with E-state index in [1.165, 1.54) is 12.3 Å². The van der Waals surface area contributed by atoms with Gasteiger partial charge in [0, 0.05) is 12.7 Å². The van der Waals surface area contributed by atoms with Crippen molar-refractivity contribution in [3.05, 3.63) is 65.2 Å². The molecule has 1 aliphatic rings. The number of carbonyl (C=O) groups is 3. The van der Waals surface area contributed by atoms with Gasteiger partial charge < -0.3 is 10.6 Å². The molecule has 1 aromatic heterocycles. The fraction of sp³-hybridized carbons (Fsp3) is 0.263. The van der Waals surface area contributed by atoms with Crippen molar-refractivity contribution in [2.75, 3.05) is 6.54 Å². The van der Waals surface area contributed by atoms with Crippen LogP contribution < -0.4 is 10.6 Å². The number of pyridine rings is 1. The number of halogens is 1. The number of imide groups is 1. The summed E-state index contributed by atoms with van der Waals surface area (Å²) in [6.07, 6.45) is 1.52. The van der Waals surface area contributed by atoms with E-state index in [0.717, 1.165) is 4.90 Å². The van der Waals surface area contributed by atoms with Crippen LogP contribution in [0.1, 0.15) is 23.7 Å². The molecule has 2 aromatic rings. The predicted octanol–water partition coefficient (Wildman–Crippen LogP) is 1.61. The highest BCUT2D eigenvalue weighted by Gasteiger charge is 2.50. The third-order valence-electron chi connectivity index (χ3n) is 4.48. The summed E-state index contributed by atoms with van der Waals surface area (Å²) in [6.45, 7) is 2.86. The number of nitrogens with zero attached hydrogens (tertiary/aromatic N) is 2. The molecule has 3 rings (SSSR count). The van der Waals surface area contributed by atoms with E-state index in [9.17, 15) is 18.8 Å². The van der Waals surface area contributed by atoms with Gasteiger partial charge in [-0.1, -0.05) is 18.2 Å². The monoisotopic (exact) mass is 370 g/mol. The Morgan fingerprint density at radius 3 is 2.74 bits per heavy atom. The fourth-order valence-electron chi connectivity index (χ4n) is 2.82. The van der Waals surface area contributed by atoms with Crippen molar-refractivity contribution >= 4 is 17.8 Å². The fourth-order valence-corrected chi connectivity index (χ4v) is 2.82. The SMILES string of the molecule is Cc1ccc(CNC(=O)CN2C(=O)NC(C)(c3ccccn3)C2=O)cc1F. The molecule has 1 aliphatic heterocycles. The maximum atomic E-state index is 13.6. The third kappa shape index (κ3) is 3.64. The second kappa shape index (κ2) is 7.14. The summed E-state index contributed by atoms with van der Waals surface area (Å²) < 4.78 is 13.6. The average Bonchev–Trinajstić information content (AvgIpc) is 2.87. The van der Waals surface area contributed by atoms with Gasteiger partial charge in [0.15, 0.2) is 5.54 Å². The van der Waals surface area contributed by atoms with Crippen LogP contribution in [0.25, 0.3) is 0 Å². The number of hydrogen-bond donors (Lipinski definition) is 2. The van der Waals surface area contributed by atoms with Crippen molar-refractivity contribution in [1.29, 1.82) is 0 Å². The van der Waals surface area contributed by atoms with E-state index < -0.39 is 29.9 Å². The van der Waals surface area contributed by atoms with E-state index in [4.69, 9.17) is 0 Å². The average molecular weight is 370 g/mol. The maximum absolute atomic E-state index is 13.6. The van der Waals surface area contributed by atoms with Gasteiger partial charge >= 0.3 is 6.03 Å². The molecule has 27 heavy (non-hydrogen) atoms. The van der Waals surface area contributed by atoms with Crippen LogP contribution in [-0.2, 0) is 21.7 Å². The normalized spacial score (nSPS) is 19.1. The second-order valence-electron chi connectivity index (χ2n) is 6.52. The number of aryl methyl sites for hydroxylation is 1. The Kier molecular flexibility index (Phi) is 4.89. The zero-order valence-corrected chi connectivity index (χ0v) is 15.0. The van der Waals surface area contributed by atoms with E-state index in [-0.39, 0.29) is 12.4 Å². The Bertz CT molecular complexity index is 903. The highest BCUT2D eigenvalue weighted by molar-refractivity contribution is 6.08. The Morgan fingerprint density at radius 2 is 2.07 bits per heavy atom. The van der Waals surface area contributed by atoms with Crippen molar-refractivity contribution < 1.29 is 18.8 Å². The third-order valence-corrected chi connectivity index (χ3v) is 4.48. The molecule has 0 saturated carbocycles. The molecule has 0 radical (unpaired) electrons. The number of aromatic nitrogens is 1. The topological polar surface area (TPSA) is 91.4 Å². The van der Waals surface area contributed by atoms with Crippen LogP contribution in [-0.4, -0.2) is 34.3 Å². The zero-order valence-electron chi connectivity index (χ0n) is 15.0. The minimum absolute atomic E-state index is 0.0944. The Labute approximate surface area is 155 Å².